The van der Waals surface area contributed by atoms with E-state index in [9.17, 15) is 4.89 Å². The van der Waals surface area contributed by atoms with E-state index >= 15 is 4.57 Å². The summed E-state index contributed by atoms with van der Waals surface area (Å²) in [4.78, 5) is 12.6. The molecule has 0 saturated heterocycles. The second kappa shape index (κ2) is 20.2. The van der Waals surface area contributed by atoms with Crippen LogP contribution >= 0.6 is 7.82 Å². The van der Waals surface area contributed by atoms with Crippen LogP contribution in [-0.4, -0.2) is 4.89 Å². The van der Waals surface area contributed by atoms with Crippen LogP contribution < -0.4 is 9.05 Å². The van der Waals surface area contributed by atoms with Crippen molar-refractivity contribution in [3.63, 3.8) is 0 Å². The number of hydrogen-bond donors (Lipinski definition) is 1. The van der Waals surface area contributed by atoms with Gasteiger partial charge in [-0.3, -0.25) is 4.89 Å². The second-order valence-electron chi connectivity index (χ2n) is 17.5. The molecule has 0 saturated carbocycles. The monoisotopic (exact) mass is 874 g/mol. The average Bonchev–Trinajstić information content (AvgIpc) is 3.36. The van der Waals surface area contributed by atoms with Gasteiger partial charge in [0.05, 0.1) is 0 Å². The summed E-state index contributed by atoms with van der Waals surface area (Å²) >= 11 is 0. The fourth-order valence-electron chi connectivity index (χ4n) is 9.20. The number of phosphoric ester groups is 1. The Balaban J connectivity index is 1.33. The highest BCUT2D eigenvalue weighted by atomic mass is 31.2. The first kappa shape index (κ1) is 45.1. The first-order valence-corrected chi connectivity index (χ1v) is 24.4. The van der Waals surface area contributed by atoms with Crippen LogP contribution in [0.15, 0.2) is 206 Å². The lowest BCUT2D eigenvalue weighted by atomic mass is 9.81. The third kappa shape index (κ3) is 10.3. The molecule has 65 heavy (non-hydrogen) atoms. The van der Waals surface area contributed by atoms with Crippen LogP contribution in [0.2, 0.25) is 0 Å². The molecule has 5 heteroatoms. The smallest absolute Gasteiger partial charge is 0.395 e. The molecule has 1 N–H and O–H groups in total. The Labute approximate surface area is 386 Å². The molecule has 0 aromatic heterocycles. The van der Waals surface area contributed by atoms with Gasteiger partial charge in [0.25, 0.3) is 0 Å². The van der Waals surface area contributed by atoms with E-state index in [4.69, 9.17) is 9.05 Å². The van der Waals surface area contributed by atoms with Gasteiger partial charge in [0.2, 0.25) is 0 Å². The van der Waals surface area contributed by atoms with E-state index in [-0.39, 0.29) is 35.5 Å². The number of phosphoric acid groups is 1. The van der Waals surface area contributed by atoms with Gasteiger partial charge in [0.15, 0.2) is 0 Å². The maximum absolute atomic E-state index is 15.4. The Kier molecular flexibility index (Phi) is 14.0. The molecule has 0 aliphatic rings. The summed E-state index contributed by atoms with van der Waals surface area (Å²) < 4.78 is 28.8. The average molecular weight is 875 g/mol. The lowest BCUT2D eigenvalue weighted by Gasteiger charge is -2.29. The summed E-state index contributed by atoms with van der Waals surface area (Å²) in [5.74, 6) is -0.00410. The molecule has 8 aromatic rings. The molecule has 8 rings (SSSR count). The molecule has 0 aliphatic heterocycles. The summed E-state index contributed by atoms with van der Waals surface area (Å²) in [5, 5.41) is 0. The van der Waals surface area contributed by atoms with E-state index in [0.29, 0.717) is 11.5 Å². The molecule has 328 valence electrons. The first-order valence-electron chi connectivity index (χ1n) is 22.9. The molecule has 0 spiro atoms. The van der Waals surface area contributed by atoms with Crippen LogP contribution in [0.5, 0.6) is 11.5 Å². The normalized spacial score (nSPS) is 15.1. The van der Waals surface area contributed by atoms with Gasteiger partial charge < -0.3 is 9.05 Å². The lowest BCUT2D eigenvalue weighted by molar-refractivity contribution is 0.286. The summed E-state index contributed by atoms with van der Waals surface area (Å²) in [6, 6.07) is 70.7. The minimum absolute atomic E-state index is 0.0340. The molecule has 4 nitrogen and oxygen atoms in total. The van der Waals surface area contributed by atoms with Crippen molar-refractivity contribution in [3.8, 4) is 11.5 Å². The Morgan fingerprint density at radius 1 is 0.308 bits per heavy atom. The molecule has 0 fully saturated rings. The first-order chi connectivity index (χ1) is 31.5. The minimum Gasteiger partial charge on any atom is -0.395 e. The van der Waals surface area contributed by atoms with Gasteiger partial charge in [0.1, 0.15) is 11.5 Å². The standard InChI is InChI=1S/C60H59O4P/c1-41(47-25-13-7-14-26-47)53-37-55(43(3)49-29-17-9-18-30-49)59(56(38-53)44(4)50-31-19-10-20-32-50)63-65(61,62)64-60-57(45(5)51-33-21-11-22-34-51)39-54(42(2)48-27-15-8-16-28-48)40-58(60)46(6)52-35-23-12-24-36-52/h7-46H,1-6H3,(H,61,62). The van der Waals surface area contributed by atoms with Crippen LogP contribution in [0.1, 0.15) is 144 Å². The largest absolute Gasteiger partial charge is 0.584 e. The zero-order valence-electron chi connectivity index (χ0n) is 38.2. The highest BCUT2D eigenvalue weighted by Crippen LogP contribution is 2.54. The molecular formula is C60H59O4P. The van der Waals surface area contributed by atoms with E-state index in [1.165, 1.54) is 11.1 Å². The Hall–Kier alpha value is -6.45. The predicted octanol–water partition coefficient (Wildman–Crippen LogP) is 16.2. The van der Waals surface area contributed by atoms with Crippen molar-refractivity contribution in [1.82, 2.24) is 0 Å². The second-order valence-corrected chi connectivity index (χ2v) is 18.8. The third-order valence-electron chi connectivity index (χ3n) is 13.4. The van der Waals surface area contributed by atoms with E-state index < -0.39 is 7.82 Å². The van der Waals surface area contributed by atoms with Gasteiger partial charge in [-0.15, -0.1) is 0 Å². The van der Waals surface area contributed by atoms with Crippen LogP contribution in [0, 0.1) is 0 Å². The van der Waals surface area contributed by atoms with Gasteiger partial charge in [-0.25, -0.2) is 4.57 Å². The molecule has 0 radical (unpaired) electrons. The highest BCUT2D eigenvalue weighted by molar-refractivity contribution is 7.48. The molecule has 0 amide bonds. The van der Waals surface area contributed by atoms with Crippen molar-refractivity contribution in [3.05, 3.63) is 273 Å². The number of hydrogen-bond acceptors (Lipinski definition) is 3. The predicted molar refractivity (Wildman–Crippen MR) is 268 cm³/mol. The van der Waals surface area contributed by atoms with Crippen LogP contribution in [0.25, 0.3) is 0 Å². The van der Waals surface area contributed by atoms with Gasteiger partial charge in [-0.05, 0) is 44.5 Å². The molecule has 6 unspecified atom stereocenters. The van der Waals surface area contributed by atoms with Crippen molar-refractivity contribution in [2.24, 2.45) is 0 Å². The van der Waals surface area contributed by atoms with Crippen LogP contribution in [0.4, 0.5) is 0 Å². The fraction of sp³-hybridized carbons (Fsp3) is 0.200. The molecule has 8 aromatic carbocycles. The van der Waals surface area contributed by atoms with Crippen molar-refractivity contribution < 1.29 is 18.5 Å². The van der Waals surface area contributed by atoms with Crippen molar-refractivity contribution in [2.45, 2.75) is 77.0 Å². The van der Waals surface area contributed by atoms with E-state index in [2.05, 4.69) is 163 Å². The number of benzene rings is 8. The zero-order valence-corrected chi connectivity index (χ0v) is 39.1. The Bertz CT molecular complexity index is 2510. The van der Waals surface area contributed by atoms with Gasteiger partial charge >= 0.3 is 7.82 Å². The molecule has 0 aliphatic carbocycles. The molecular weight excluding hydrogens is 816 g/mol. The lowest BCUT2D eigenvalue weighted by Crippen LogP contribution is -2.13. The maximum Gasteiger partial charge on any atom is 0.584 e. The van der Waals surface area contributed by atoms with Crippen molar-refractivity contribution >= 4 is 7.82 Å². The molecule has 6 atom stereocenters. The topological polar surface area (TPSA) is 55.8 Å². The van der Waals surface area contributed by atoms with Crippen LogP contribution in [-0.2, 0) is 4.57 Å². The minimum atomic E-state index is -4.96. The third-order valence-corrected chi connectivity index (χ3v) is 14.2. The highest BCUT2D eigenvalue weighted by Gasteiger charge is 2.35. The van der Waals surface area contributed by atoms with Crippen molar-refractivity contribution in [1.29, 1.82) is 0 Å². The number of rotatable bonds is 16. The SMILES string of the molecule is CC(c1ccccc1)c1cc(C(C)c2ccccc2)c(OP(=O)(O)Oc2c(C(C)c3ccccc3)cc(C(C)c3ccccc3)cc2C(C)c2ccccc2)c(C(C)c2ccccc2)c1. The summed E-state index contributed by atoms with van der Waals surface area (Å²) in [6.07, 6.45) is 0. The summed E-state index contributed by atoms with van der Waals surface area (Å²) in [7, 11) is -4.96. The van der Waals surface area contributed by atoms with Gasteiger partial charge in [-0.2, -0.15) is 0 Å². The van der Waals surface area contributed by atoms with E-state index in [0.717, 1.165) is 55.6 Å². The van der Waals surface area contributed by atoms with E-state index in [1.807, 2.05) is 84.9 Å². The van der Waals surface area contributed by atoms with E-state index in [1.54, 1.807) is 0 Å². The van der Waals surface area contributed by atoms with Gasteiger partial charge in [-0.1, -0.05) is 248 Å². The van der Waals surface area contributed by atoms with Crippen LogP contribution in [0.3, 0.4) is 0 Å². The zero-order chi connectivity index (χ0) is 45.5. The molecule has 0 bridgehead atoms. The quantitative estimate of drug-likeness (QED) is 0.0983. The fourth-order valence-corrected chi connectivity index (χ4v) is 10.1. The van der Waals surface area contributed by atoms with Gasteiger partial charge in [0, 0.05) is 57.8 Å². The maximum atomic E-state index is 15.4. The summed E-state index contributed by atoms with van der Waals surface area (Å²) in [5.41, 5.74) is 12.1. The molecule has 0 heterocycles. The summed E-state index contributed by atoms with van der Waals surface area (Å²) in [6.45, 7) is 13.0. The Morgan fingerprint density at radius 3 is 0.692 bits per heavy atom. The van der Waals surface area contributed by atoms with Crippen molar-refractivity contribution in [2.75, 3.05) is 0 Å². The Morgan fingerprint density at radius 2 is 0.492 bits per heavy atom.